The Balaban J connectivity index is 0. The molecule has 0 amide bonds. The van der Waals surface area contributed by atoms with Crippen molar-refractivity contribution in [2.24, 2.45) is 0 Å². The van der Waals surface area contributed by atoms with Gasteiger partial charge < -0.3 is 8.85 Å². The first-order valence-electron chi connectivity index (χ1n) is 0. The first kappa shape index (κ1) is 38.8. The van der Waals surface area contributed by atoms with Gasteiger partial charge in [0.15, 0.2) is 0 Å². The van der Waals surface area contributed by atoms with E-state index in [-0.39, 0.29) is 70.6 Å². The summed E-state index contributed by atoms with van der Waals surface area (Å²) in [6, 6.07) is 0. The molecule has 3 heteroatoms. The molecule has 0 aliphatic heterocycles. The molecule has 0 saturated heterocycles. The van der Waals surface area contributed by atoms with E-state index < -0.39 is 0 Å². The van der Waals surface area contributed by atoms with Crippen LogP contribution in [-0.2, 0) is 0 Å². The van der Waals surface area contributed by atoms with Crippen molar-refractivity contribution in [3.8, 4) is 0 Å². The molecular formula is CH5ILi2. The average molecular weight is 158 g/mol. The van der Waals surface area contributed by atoms with Crippen LogP contribution in [0.1, 0.15) is 1.43 Å². The monoisotopic (exact) mass is 158 g/mol. The van der Waals surface area contributed by atoms with Gasteiger partial charge in [-0.05, 0) is 0 Å². The van der Waals surface area contributed by atoms with Crippen LogP contribution in [0.2, 0.25) is 0 Å². The Morgan fingerprint density at radius 2 is 1.00 bits per heavy atom. The van der Waals surface area contributed by atoms with Gasteiger partial charge in [-0.15, -0.1) is 24.0 Å². The molecule has 0 unspecified atom stereocenters. The summed E-state index contributed by atoms with van der Waals surface area (Å²) in [6.45, 7) is 0. The second-order valence-corrected chi connectivity index (χ2v) is 0. The predicted octanol–water partition coefficient (Wildman–Crippen LogP) is -4.81. The molecule has 0 radical (unpaired) electrons. The summed E-state index contributed by atoms with van der Waals surface area (Å²) >= 11 is 0. The summed E-state index contributed by atoms with van der Waals surface area (Å²) in [5, 5.41) is 0. The van der Waals surface area contributed by atoms with E-state index >= 15 is 0 Å². The van der Waals surface area contributed by atoms with Crippen molar-refractivity contribution < 1.29 is 39.1 Å². The van der Waals surface area contributed by atoms with Crippen LogP contribution in [0.15, 0.2) is 0 Å². The molecule has 0 fully saturated rings. The summed E-state index contributed by atoms with van der Waals surface area (Å²) in [4.78, 5) is 0. The fraction of sp³-hybridized carbons (Fsp3) is 0. The molecule has 0 atom stereocenters. The van der Waals surface area contributed by atoms with Crippen LogP contribution in [-0.4, -0.2) is 0 Å². The third-order valence-corrected chi connectivity index (χ3v) is 0. The SMILES string of the molecule is I.[CH3-].[H-].[Li+].[Li+]. The van der Waals surface area contributed by atoms with Gasteiger partial charge in [0.2, 0.25) is 0 Å². The Kier molecular flexibility index (Phi) is 199. The Morgan fingerprint density at radius 3 is 1.00 bits per heavy atom. The zero-order valence-corrected chi connectivity index (χ0v) is 5.74. The van der Waals surface area contributed by atoms with E-state index in [1.54, 1.807) is 0 Å². The van der Waals surface area contributed by atoms with Crippen LogP contribution in [0, 0.1) is 7.43 Å². The van der Waals surface area contributed by atoms with Gasteiger partial charge in [0.25, 0.3) is 0 Å². The minimum atomic E-state index is 0. The molecule has 0 bridgehead atoms. The fourth-order valence-corrected chi connectivity index (χ4v) is 0. The summed E-state index contributed by atoms with van der Waals surface area (Å²) in [6.07, 6.45) is 0. The molecule has 0 N–H and O–H groups in total. The maximum absolute atomic E-state index is 0. The Bertz CT molecular complexity index is 9.61. The molecule has 18 valence electrons. The van der Waals surface area contributed by atoms with Crippen molar-refractivity contribution >= 4 is 24.0 Å². The van der Waals surface area contributed by atoms with Crippen molar-refractivity contribution in [1.82, 2.24) is 0 Å². The van der Waals surface area contributed by atoms with E-state index in [0.29, 0.717) is 0 Å². The average Bonchev–Trinajstić information content (AvgIpc) is 0. The first-order valence-corrected chi connectivity index (χ1v) is 0. The van der Waals surface area contributed by atoms with E-state index in [0.717, 1.165) is 0 Å². The topological polar surface area (TPSA) is 0 Å². The van der Waals surface area contributed by atoms with Gasteiger partial charge >= 0.3 is 37.7 Å². The van der Waals surface area contributed by atoms with Crippen LogP contribution in [0.4, 0.5) is 0 Å². The third-order valence-electron chi connectivity index (χ3n) is 0. The van der Waals surface area contributed by atoms with E-state index in [4.69, 9.17) is 0 Å². The van der Waals surface area contributed by atoms with Crippen molar-refractivity contribution in [1.29, 1.82) is 0 Å². The van der Waals surface area contributed by atoms with Crippen LogP contribution in [0.3, 0.4) is 0 Å². The minimum absolute atomic E-state index is 0. The van der Waals surface area contributed by atoms with Crippen LogP contribution >= 0.6 is 24.0 Å². The Hall–Kier alpha value is 1.92. The van der Waals surface area contributed by atoms with E-state index in [2.05, 4.69) is 0 Å². The van der Waals surface area contributed by atoms with Gasteiger partial charge in [0.1, 0.15) is 0 Å². The van der Waals surface area contributed by atoms with Crippen molar-refractivity contribution in [3.63, 3.8) is 0 Å². The Morgan fingerprint density at radius 1 is 1.00 bits per heavy atom. The second-order valence-electron chi connectivity index (χ2n) is 0. The largest absolute Gasteiger partial charge is 1.00 e. The maximum Gasteiger partial charge on any atom is 1.00 e. The normalized spacial score (nSPS) is 0. The van der Waals surface area contributed by atoms with Gasteiger partial charge in [0.05, 0.1) is 0 Å². The van der Waals surface area contributed by atoms with Crippen LogP contribution < -0.4 is 37.7 Å². The van der Waals surface area contributed by atoms with Gasteiger partial charge in [-0.2, -0.15) is 0 Å². The van der Waals surface area contributed by atoms with Gasteiger partial charge in [-0.3, -0.25) is 0 Å². The molecule has 0 nitrogen and oxygen atoms in total. The van der Waals surface area contributed by atoms with Crippen molar-refractivity contribution in [2.75, 3.05) is 0 Å². The maximum atomic E-state index is 0. The first-order chi connectivity index (χ1) is 0. The van der Waals surface area contributed by atoms with Crippen LogP contribution in [0.25, 0.3) is 0 Å². The molecule has 0 heterocycles. The van der Waals surface area contributed by atoms with Gasteiger partial charge in [0, 0.05) is 0 Å². The van der Waals surface area contributed by atoms with E-state index in [1.807, 2.05) is 0 Å². The number of rotatable bonds is 0. The van der Waals surface area contributed by atoms with E-state index in [1.165, 1.54) is 0 Å². The molecule has 0 aliphatic carbocycles. The fourth-order valence-electron chi connectivity index (χ4n) is 0. The molecule has 0 aromatic heterocycles. The molecule has 0 spiro atoms. The molecule has 4 heavy (non-hydrogen) atoms. The minimum Gasteiger partial charge on any atom is -1.00 e. The van der Waals surface area contributed by atoms with Crippen molar-refractivity contribution in [3.05, 3.63) is 7.43 Å². The third kappa shape index (κ3) is 9.06. The Labute approximate surface area is 70.0 Å². The van der Waals surface area contributed by atoms with Gasteiger partial charge in [-0.25, -0.2) is 0 Å². The summed E-state index contributed by atoms with van der Waals surface area (Å²) in [7, 11) is 0. The second kappa shape index (κ2) is 20.5. The van der Waals surface area contributed by atoms with E-state index in [9.17, 15) is 0 Å². The summed E-state index contributed by atoms with van der Waals surface area (Å²) in [5.74, 6) is 0. The smallest absolute Gasteiger partial charge is 1.00 e. The predicted molar refractivity (Wildman–Crippen MR) is 22.9 cm³/mol. The molecule has 0 rings (SSSR count). The molecular weight excluding hydrogens is 153 g/mol. The number of hydrogen-bond donors (Lipinski definition) is 0. The molecule has 0 aliphatic rings. The standard InChI is InChI=1S/CH3.HI.2Li.H/h1H3;1H;;;/q-1;;2*+1;-1. The summed E-state index contributed by atoms with van der Waals surface area (Å²) < 4.78 is 0. The quantitative estimate of drug-likeness (QED) is 0.188. The molecule has 0 saturated carbocycles. The van der Waals surface area contributed by atoms with Crippen molar-refractivity contribution in [2.45, 2.75) is 0 Å². The zero-order chi connectivity index (χ0) is 0. The zero-order valence-electron chi connectivity index (χ0n) is 4.41. The summed E-state index contributed by atoms with van der Waals surface area (Å²) in [5.41, 5.74) is 0. The van der Waals surface area contributed by atoms with Crippen LogP contribution in [0.5, 0.6) is 0 Å². The molecule has 0 aromatic carbocycles. The van der Waals surface area contributed by atoms with Gasteiger partial charge in [-0.1, -0.05) is 0 Å². The number of hydrogen-bond acceptors (Lipinski definition) is 0. The molecule has 0 aromatic rings. The number of halogens is 1.